The maximum Gasteiger partial charge on any atom is 0.329 e. The Morgan fingerprint density at radius 1 is 1.33 bits per heavy atom. The summed E-state index contributed by atoms with van der Waals surface area (Å²) in [5.74, 6) is -1.63. The predicted octanol–water partition coefficient (Wildman–Crippen LogP) is 3.76. The zero-order valence-corrected chi connectivity index (χ0v) is 13.2. The monoisotopic (exact) mass is 329 g/mol. The van der Waals surface area contributed by atoms with Gasteiger partial charge >= 0.3 is 5.97 Å². The number of rotatable bonds is 3. The molecule has 0 spiro atoms. The molecule has 0 aliphatic heterocycles. The summed E-state index contributed by atoms with van der Waals surface area (Å²) in [7, 11) is 0. The molecule has 1 fully saturated rings. The Labute approximate surface area is 133 Å². The standard InChI is InChI=1S/C15H17Cl2NO3/c1-9-5-2-3-8-15(9,14(20)21)18-13(19)10-6-4-7-11(16)12(10)17/h4,6-7,9H,2-3,5,8H2,1H3,(H,18,19)(H,20,21). The minimum Gasteiger partial charge on any atom is -0.479 e. The molecule has 21 heavy (non-hydrogen) atoms. The fourth-order valence-corrected chi connectivity index (χ4v) is 3.24. The molecule has 2 atom stereocenters. The van der Waals surface area contributed by atoms with Crippen molar-refractivity contribution >= 4 is 35.1 Å². The Kier molecular flexibility index (Phi) is 4.79. The molecule has 1 aliphatic carbocycles. The number of carbonyl (C=O) groups is 2. The van der Waals surface area contributed by atoms with E-state index >= 15 is 0 Å². The fourth-order valence-electron chi connectivity index (χ4n) is 2.85. The van der Waals surface area contributed by atoms with Gasteiger partial charge in [0, 0.05) is 0 Å². The van der Waals surface area contributed by atoms with Gasteiger partial charge in [0.15, 0.2) is 0 Å². The first-order valence-electron chi connectivity index (χ1n) is 6.88. The Morgan fingerprint density at radius 3 is 2.67 bits per heavy atom. The summed E-state index contributed by atoms with van der Waals surface area (Å²) in [6.07, 6.45) is 2.95. The Bertz CT molecular complexity index is 576. The van der Waals surface area contributed by atoms with E-state index in [1.54, 1.807) is 12.1 Å². The van der Waals surface area contributed by atoms with Crippen molar-refractivity contribution in [3.63, 3.8) is 0 Å². The molecule has 0 aromatic heterocycles. The molecule has 2 unspecified atom stereocenters. The summed E-state index contributed by atoms with van der Waals surface area (Å²) >= 11 is 11.9. The van der Waals surface area contributed by atoms with E-state index in [1.807, 2.05) is 6.92 Å². The van der Waals surface area contributed by atoms with Gasteiger partial charge in [-0.05, 0) is 30.9 Å². The highest BCUT2D eigenvalue weighted by Crippen LogP contribution is 2.35. The Balaban J connectivity index is 2.31. The molecule has 4 nitrogen and oxygen atoms in total. The van der Waals surface area contributed by atoms with Crippen molar-refractivity contribution < 1.29 is 14.7 Å². The molecule has 114 valence electrons. The third kappa shape index (κ3) is 3.01. The number of aliphatic carboxylic acids is 1. The van der Waals surface area contributed by atoms with Crippen LogP contribution in [0.25, 0.3) is 0 Å². The van der Waals surface area contributed by atoms with Crippen LogP contribution in [0.15, 0.2) is 18.2 Å². The number of halogens is 2. The molecule has 1 aromatic rings. The first-order valence-corrected chi connectivity index (χ1v) is 7.64. The number of carboxylic acids is 1. The molecule has 0 radical (unpaired) electrons. The number of nitrogens with one attached hydrogen (secondary N) is 1. The summed E-state index contributed by atoms with van der Waals surface area (Å²) in [5, 5.41) is 12.7. The maximum atomic E-state index is 12.4. The minimum atomic E-state index is -1.24. The molecule has 0 bridgehead atoms. The summed E-state index contributed by atoms with van der Waals surface area (Å²) < 4.78 is 0. The van der Waals surface area contributed by atoms with Crippen LogP contribution in [0.5, 0.6) is 0 Å². The molecular weight excluding hydrogens is 313 g/mol. The first-order chi connectivity index (χ1) is 9.88. The number of amides is 1. The van der Waals surface area contributed by atoms with Crippen LogP contribution in [0.3, 0.4) is 0 Å². The minimum absolute atomic E-state index is 0.134. The number of hydrogen-bond acceptors (Lipinski definition) is 2. The van der Waals surface area contributed by atoms with Crippen molar-refractivity contribution in [2.45, 2.75) is 38.1 Å². The normalized spacial score (nSPS) is 25.4. The van der Waals surface area contributed by atoms with Gasteiger partial charge < -0.3 is 10.4 Å². The van der Waals surface area contributed by atoms with E-state index in [0.717, 1.165) is 19.3 Å². The van der Waals surface area contributed by atoms with E-state index in [4.69, 9.17) is 23.2 Å². The van der Waals surface area contributed by atoms with Gasteiger partial charge in [-0.25, -0.2) is 4.79 Å². The summed E-state index contributed by atoms with van der Waals surface area (Å²) in [4.78, 5) is 24.2. The smallest absolute Gasteiger partial charge is 0.329 e. The average molecular weight is 330 g/mol. The lowest BCUT2D eigenvalue weighted by atomic mass is 9.73. The molecule has 0 heterocycles. The van der Waals surface area contributed by atoms with Crippen molar-refractivity contribution in [3.05, 3.63) is 33.8 Å². The maximum absolute atomic E-state index is 12.4. The molecule has 0 saturated heterocycles. The summed E-state index contributed by atoms with van der Waals surface area (Å²) in [6, 6.07) is 4.73. The van der Waals surface area contributed by atoms with Crippen molar-refractivity contribution in [1.29, 1.82) is 0 Å². The fraction of sp³-hybridized carbons (Fsp3) is 0.467. The summed E-state index contributed by atoms with van der Waals surface area (Å²) in [5.41, 5.74) is -1.04. The zero-order chi connectivity index (χ0) is 15.6. The summed E-state index contributed by atoms with van der Waals surface area (Å²) in [6.45, 7) is 1.85. The molecule has 6 heteroatoms. The van der Waals surface area contributed by atoms with Crippen LogP contribution in [0.1, 0.15) is 43.0 Å². The lowest BCUT2D eigenvalue weighted by molar-refractivity contribution is -0.148. The van der Waals surface area contributed by atoms with Crippen molar-refractivity contribution in [3.8, 4) is 0 Å². The van der Waals surface area contributed by atoms with Gasteiger partial charge in [0.05, 0.1) is 15.6 Å². The van der Waals surface area contributed by atoms with Gasteiger partial charge in [0.1, 0.15) is 5.54 Å². The second kappa shape index (κ2) is 6.24. The van der Waals surface area contributed by atoms with Crippen LogP contribution in [0.2, 0.25) is 10.0 Å². The van der Waals surface area contributed by atoms with E-state index in [0.29, 0.717) is 6.42 Å². The number of carbonyl (C=O) groups excluding carboxylic acids is 1. The van der Waals surface area contributed by atoms with Crippen LogP contribution >= 0.6 is 23.2 Å². The molecule has 1 aliphatic rings. The Hall–Kier alpha value is -1.26. The molecule has 2 N–H and O–H groups in total. The number of benzene rings is 1. The van der Waals surface area contributed by atoms with Gasteiger partial charge in [-0.1, -0.05) is 49.0 Å². The molecular formula is C15H17Cl2NO3. The van der Waals surface area contributed by atoms with Crippen LogP contribution in [-0.2, 0) is 4.79 Å². The highest BCUT2D eigenvalue weighted by Gasteiger charge is 2.46. The highest BCUT2D eigenvalue weighted by atomic mass is 35.5. The van der Waals surface area contributed by atoms with E-state index in [1.165, 1.54) is 6.07 Å². The molecule has 1 aromatic carbocycles. The van der Waals surface area contributed by atoms with E-state index in [2.05, 4.69) is 5.32 Å². The van der Waals surface area contributed by atoms with Gasteiger partial charge in [-0.15, -0.1) is 0 Å². The van der Waals surface area contributed by atoms with Gasteiger partial charge in [-0.2, -0.15) is 0 Å². The van der Waals surface area contributed by atoms with Crippen molar-refractivity contribution in [2.24, 2.45) is 5.92 Å². The number of hydrogen-bond donors (Lipinski definition) is 2. The van der Waals surface area contributed by atoms with Crippen LogP contribution < -0.4 is 5.32 Å². The quantitative estimate of drug-likeness (QED) is 0.887. The topological polar surface area (TPSA) is 66.4 Å². The molecule has 1 amide bonds. The highest BCUT2D eigenvalue weighted by molar-refractivity contribution is 6.43. The molecule has 2 rings (SSSR count). The van der Waals surface area contributed by atoms with Gasteiger partial charge in [0.25, 0.3) is 5.91 Å². The SMILES string of the molecule is CC1CCCCC1(NC(=O)c1cccc(Cl)c1Cl)C(=O)O. The molecule has 1 saturated carbocycles. The second-order valence-corrected chi connectivity index (χ2v) is 6.26. The van der Waals surface area contributed by atoms with E-state index in [9.17, 15) is 14.7 Å². The van der Waals surface area contributed by atoms with E-state index in [-0.39, 0.29) is 21.5 Å². The van der Waals surface area contributed by atoms with Gasteiger partial charge in [-0.3, -0.25) is 4.79 Å². The lowest BCUT2D eigenvalue weighted by Gasteiger charge is -2.39. The third-order valence-corrected chi connectivity index (χ3v) is 5.03. The predicted molar refractivity (Wildman–Crippen MR) is 81.9 cm³/mol. The van der Waals surface area contributed by atoms with Crippen LogP contribution in [-0.4, -0.2) is 22.5 Å². The largest absolute Gasteiger partial charge is 0.479 e. The average Bonchev–Trinajstić information content (AvgIpc) is 2.44. The van der Waals surface area contributed by atoms with Crippen LogP contribution in [0.4, 0.5) is 0 Å². The first kappa shape index (κ1) is 16.1. The van der Waals surface area contributed by atoms with E-state index < -0.39 is 17.4 Å². The Morgan fingerprint density at radius 2 is 2.05 bits per heavy atom. The zero-order valence-electron chi connectivity index (χ0n) is 11.7. The van der Waals surface area contributed by atoms with Crippen LogP contribution in [0, 0.1) is 5.92 Å². The van der Waals surface area contributed by atoms with Crippen molar-refractivity contribution in [2.75, 3.05) is 0 Å². The number of carboxylic acid groups (broad SMARTS) is 1. The van der Waals surface area contributed by atoms with Crippen molar-refractivity contribution in [1.82, 2.24) is 5.32 Å². The van der Waals surface area contributed by atoms with Gasteiger partial charge in [0.2, 0.25) is 0 Å². The lowest BCUT2D eigenvalue weighted by Crippen LogP contribution is -2.60. The third-order valence-electron chi connectivity index (χ3n) is 4.21. The second-order valence-electron chi connectivity index (χ2n) is 5.48.